The topological polar surface area (TPSA) is 65.9 Å². The predicted molar refractivity (Wildman–Crippen MR) is 131 cm³/mol. The Morgan fingerprint density at radius 3 is 2.57 bits per heavy atom. The highest BCUT2D eigenvalue weighted by molar-refractivity contribution is 5.95. The van der Waals surface area contributed by atoms with Crippen molar-refractivity contribution < 1.29 is 23.4 Å². The Hall–Kier alpha value is -2.58. The molecule has 0 unspecified atom stereocenters. The molecule has 190 valence electrons. The Bertz CT molecular complexity index is 1000. The summed E-state index contributed by atoms with van der Waals surface area (Å²) in [6.45, 7) is 6.49. The van der Waals surface area contributed by atoms with Gasteiger partial charge in [0.1, 0.15) is 17.2 Å². The molecule has 2 aliphatic rings. The number of benzene rings is 1. The number of aliphatic hydroxyl groups is 1. The maximum atomic E-state index is 14.9. The SMILES string of the molecule is CC(C)(F)CN1CCC(COc2ccc(-c3ccc(C(=O)N4CCC[C@H]4CO)cc3F)nc2)CC1. The van der Waals surface area contributed by atoms with Crippen molar-refractivity contribution in [3.05, 3.63) is 47.9 Å². The molecule has 3 heterocycles. The molecule has 4 rings (SSSR count). The van der Waals surface area contributed by atoms with E-state index in [0.717, 1.165) is 38.8 Å². The summed E-state index contributed by atoms with van der Waals surface area (Å²) in [5, 5.41) is 9.46. The first-order valence-corrected chi connectivity index (χ1v) is 12.5. The van der Waals surface area contributed by atoms with E-state index in [0.29, 0.717) is 42.6 Å². The van der Waals surface area contributed by atoms with Gasteiger partial charge in [-0.3, -0.25) is 9.78 Å². The number of hydrogen-bond acceptors (Lipinski definition) is 5. The van der Waals surface area contributed by atoms with Crippen molar-refractivity contribution in [2.75, 3.05) is 39.4 Å². The number of aliphatic hydroxyl groups excluding tert-OH is 1. The molecule has 0 radical (unpaired) electrons. The Labute approximate surface area is 205 Å². The molecule has 0 bridgehead atoms. The van der Waals surface area contributed by atoms with Crippen LogP contribution in [0.5, 0.6) is 5.75 Å². The predicted octanol–water partition coefficient (Wildman–Crippen LogP) is 4.32. The lowest BCUT2D eigenvalue weighted by Gasteiger charge is -2.34. The second-order valence-electron chi connectivity index (χ2n) is 10.3. The van der Waals surface area contributed by atoms with Crippen LogP contribution < -0.4 is 4.74 Å². The smallest absolute Gasteiger partial charge is 0.254 e. The minimum atomic E-state index is -1.18. The highest BCUT2D eigenvalue weighted by Gasteiger charge is 2.29. The summed E-state index contributed by atoms with van der Waals surface area (Å²) in [5.74, 6) is 0.262. The average molecular weight is 488 g/mol. The Morgan fingerprint density at radius 1 is 1.17 bits per heavy atom. The molecule has 2 aromatic rings. The first-order chi connectivity index (χ1) is 16.7. The Morgan fingerprint density at radius 2 is 1.94 bits per heavy atom. The van der Waals surface area contributed by atoms with Gasteiger partial charge in [0.05, 0.1) is 31.1 Å². The number of rotatable bonds is 8. The van der Waals surface area contributed by atoms with Crippen LogP contribution >= 0.6 is 0 Å². The molecule has 35 heavy (non-hydrogen) atoms. The zero-order chi connectivity index (χ0) is 25.0. The summed E-state index contributed by atoms with van der Waals surface area (Å²) in [6, 6.07) is 7.71. The molecule has 1 aromatic carbocycles. The largest absolute Gasteiger partial charge is 0.492 e. The first-order valence-electron chi connectivity index (χ1n) is 12.5. The number of carbonyl (C=O) groups excluding carboxylic acids is 1. The van der Waals surface area contributed by atoms with Gasteiger partial charge in [-0.15, -0.1) is 0 Å². The number of alkyl halides is 1. The van der Waals surface area contributed by atoms with Gasteiger partial charge in [-0.2, -0.15) is 0 Å². The second-order valence-corrected chi connectivity index (χ2v) is 10.3. The normalized spacial score (nSPS) is 19.8. The van der Waals surface area contributed by atoms with Gasteiger partial charge in [-0.1, -0.05) is 0 Å². The van der Waals surface area contributed by atoms with E-state index in [2.05, 4.69) is 9.88 Å². The zero-order valence-corrected chi connectivity index (χ0v) is 20.6. The number of piperidine rings is 1. The number of carbonyl (C=O) groups is 1. The van der Waals surface area contributed by atoms with Gasteiger partial charge in [-0.25, -0.2) is 8.78 Å². The molecule has 1 N–H and O–H groups in total. The maximum Gasteiger partial charge on any atom is 0.254 e. The van der Waals surface area contributed by atoms with Crippen molar-refractivity contribution in [1.82, 2.24) is 14.8 Å². The van der Waals surface area contributed by atoms with Crippen molar-refractivity contribution in [1.29, 1.82) is 0 Å². The number of ether oxygens (including phenoxy) is 1. The number of amides is 1. The summed E-state index contributed by atoms with van der Waals surface area (Å²) in [4.78, 5) is 20.9. The highest BCUT2D eigenvalue weighted by Crippen LogP contribution is 2.27. The molecule has 1 atom stereocenters. The van der Waals surface area contributed by atoms with Crippen molar-refractivity contribution in [2.24, 2.45) is 5.92 Å². The molecule has 2 fully saturated rings. The summed E-state index contributed by atoms with van der Waals surface area (Å²) in [7, 11) is 0. The third-order valence-electron chi connectivity index (χ3n) is 6.87. The third-order valence-corrected chi connectivity index (χ3v) is 6.87. The van der Waals surface area contributed by atoms with Gasteiger partial charge in [0.15, 0.2) is 0 Å². The number of hydrogen-bond donors (Lipinski definition) is 1. The lowest BCUT2D eigenvalue weighted by Crippen LogP contribution is -2.41. The fraction of sp³-hybridized carbons (Fsp3) is 0.556. The van der Waals surface area contributed by atoms with E-state index in [1.165, 1.54) is 6.07 Å². The van der Waals surface area contributed by atoms with E-state index in [9.17, 15) is 18.7 Å². The van der Waals surface area contributed by atoms with Crippen LogP contribution in [-0.4, -0.2) is 76.9 Å². The lowest BCUT2D eigenvalue weighted by atomic mass is 9.97. The first kappa shape index (κ1) is 25.5. The van der Waals surface area contributed by atoms with Crippen LogP contribution in [0.1, 0.15) is 49.9 Å². The molecule has 0 aliphatic carbocycles. The fourth-order valence-electron chi connectivity index (χ4n) is 5.00. The maximum absolute atomic E-state index is 14.9. The van der Waals surface area contributed by atoms with Crippen LogP contribution in [0.4, 0.5) is 8.78 Å². The second kappa shape index (κ2) is 11.0. The van der Waals surface area contributed by atoms with Gasteiger partial charge < -0.3 is 19.6 Å². The number of likely N-dealkylation sites (tertiary alicyclic amines) is 2. The summed E-state index contributed by atoms with van der Waals surface area (Å²) >= 11 is 0. The Kier molecular flexibility index (Phi) is 8.02. The molecule has 2 saturated heterocycles. The molecule has 0 spiro atoms. The molecule has 6 nitrogen and oxygen atoms in total. The number of pyridine rings is 1. The van der Waals surface area contributed by atoms with E-state index in [-0.39, 0.29) is 24.1 Å². The summed E-state index contributed by atoms with van der Waals surface area (Å²) < 4.78 is 34.6. The van der Waals surface area contributed by atoms with E-state index >= 15 is 0 Å². The minimum absolute atomic E-state index is 0.0820. The van der Waals surface area contributed by atoms with E-state index in [4.69, 9.17) is 4.74 Å². The molecule has 1 aromatic heterocycles. The van der Waals surface area contributed by atoms with Crippen molar-refractivity contribution >= 4 is 5.91 Å². The van der Waals surface area contributed by atoms with E-state index in [1.807, 2.05) is 0 Å². The number of aromatic nitrogens is 1. The van der Waals surface area contributed by atoms with E-state index < -0.39 is 11.5 Å². The van der Waals surface area contributed by atoms with E-state index in [1.54, 1.807) is 49.2 Å². The van der Waals surface area contributed by atoms with Gasteiger partial charge in [0.25, 0.3) is 5.91 Å². The van der Waals surface area contributed by atoms with Crippen LogP contribution in [0, 0.1) is 11.7 Å². The molecule has 0 saturated carbocycles. The van der Waals surface area contributed by atoms with Gasteiger partial charge >= 0.3 is 0 Å². The summed E-state index contributed by atoms with van der Waals surface area (Å²) in [6.07, 6.45) is 5.12. The number of halogens is 2. The third kappa shape index (κ3) is 6.55. The fourth-order valence-corrected chi connectivity index (χ4v) is 5.00. The van der Waals surface area contributed by atoms with Gasteiger partial charge in [0.2, 0.25) is 0 Å². The van der Waals surface area contributed by atoms with Crippen LogP contribution in [0.25, 0.3) is 11.3 Å². The van der Waals surface area contributed by atoms with Crippen molar-refractivity contribution in [3.8, 4) is 17.0 Å². The zero-order valence-electron chi connectivity index (χ0n) is 20.6. The number of nitrogens with zero attached hydrogens (tertiary/aromatic N) is 3. The van der Waals surface area contributed by atoms with Crippen molar-refractivity contribution in [2.45, 2.75) is 51.2 Å². The Balaban J connectivity index is 1.31. The lowest BCUT2D eigenvalue weighted by molar-refractivity contribution is 0.0677. The standard InChI is InChI=1S/C27H35F2N3O3/c1-27(2,29)18-31-12-9-19(10-13-31)17-35-22-6-8-25(30-15-22)23-7-5-20(14-24(23)28)26(34)32-11-3-4-21(32)16-33/h5-8,14-15,19,21,33H,3-4,9-13,16-18H2,1-2H3/t21-/m0/s1. The molecule has 8 heteroatoms. The van der Waals surface area contributed by atoms with Gasteiger partial charge in [-0.05, 0) is 88.9 Å². The monoisotopic (exact) mass is 487 g/mol. The van der Waals surface area contributed by atoms with Crippen LogP contribution in [0.2, 0.25) is 0 Å². The molecular weight excluding hydrogens is 452 g/mol. The molecule has 1 amide bonds. The van der Waals surface area contributed by atoms with Crippen LogP contribution in [-0.2, 0) is 0 Å². The molecule has 2 aliphatic heterocycles. The van der Waals surface area contributed by atoms with Crippen LogP contribution in [0.3, 0.4) is 0 Å². The quantitative estimate of drug-likeness (QED) is 0.601. The van der Waals surface area contributed by atoms with Crippen LogP contribution in [0.15, 0.2) is 36.5 Å². The van der Waals surface area contributed by atoms with Gasteiger partial charge in [0, 0.05) is 24.2 Å². The van der Waals surface area contributed by atoms with Crippen molar-refractivity contribution in [3.63, 3.8) is 0 Å². The minimum Gasteiger partial charge on any atom is -0.492 e. The molecular formula is C27H35F2N3O3. The average Bonchev–Trinajstić information content (AvgIpc) is 3.31. The highest BCUT2D eigenvalue weighted by atomic mass is 19.1. The summed E-state index contributed by atoms with van der Waals surface area (Å²) in [5.41, 5.74) is -0.127.